The third kappa shape index (κ3) is 5.52. The first-order valence-corrected chi connectivity index (χ1v) is 7.25. The van der Waals surface area contributed by atoms with Gasteiger partial charge in [0, 0.05) is 32.6 Å². The standard InChI is InChI=1S/C14H26N2O2/c1-2-3-4-5-6-7-8-14(18)16-11-9-15(13-17)10-12-16/h13H,2-12H2,1H3. The lowest BCUT2D eigenvalue weighted by molar-refractivity contribution is -0.135. The van der Waals surface area contributed by atoms with E-state index in [-0.39, 0.29) is 5.91 Å². The Morgan fingerprint density at radius 3 is 2.22 bits per heavy atom. The minimum Gasteiger partial charge on any atom is -0.342 e. The molecule has 1 aliphatic rings. The van der Waals surface area contributed by atoms with E-state index in [2.05, 4.69) is 6.92 Å². The van der Waals surface area contributed by atoms with E-state index in [9.17, 15) is 9.59 Å². The molecule has 4 heteroatoms. The topological polar surface area (TPSA) is 40.6 Å². The number of carbonyl (C=O) groups is 2. The third-order valence-electron chi connectivity index (χ3n) is 3.56. The molecule has 0 bridgehead atoms. The van der Waals surface area contributed by atoms with Crippen molar-refractivity contribution < 1.29 is 9.59 Å². The summed E-state index contributed by atoms with van der Waals surface area (Å²) in [5.74, 6) is 0.260. The molecular formula is C14H26N2O2. The number of amides is 2. The molecule has 0 aliphatic carbocycles. The number of unbranched alkanes of at least 4 members (excludes halogenated alkanes) is 5. The highest BCUT2D eigenvalue weighted by atomic mass is 16.2. The number of rotatable bonds is 8. The second-order valence-corrected chi connectivity index (χ2v) is 5.04. The molecule has 4 nitrogen and oxygen atoms in total. The van der Waals surface area contributed by atoms with E-state index < -0.39 is 0 Å². The summed E-state index contributed by atoms with van der Waals surface area (Å²) < 4.78 is 0. The molecule has 1 aliphatic heterocycles. The minimum atomic E-state index is 0.260. The summed E-state index contributed by atoms with van der Waals surface area (Å²) in [6.45, 7) is 4.99. The quantitative estimate of drug-likeness (QED) is 0.491. The molecule has 0 saturated carbocycles. The van der Waals surface area contributed by atoms with Crippen LogP contribution in [-0.2, 0) is 9.59 Å². The first-order valence-electron chi connectivity index (χ1n) is 7.25. The van der Waals surface area contributed by atoms with Crippen LogP contribution in [-0.4, -0.2) is 48.3 Å². The Morgan fingerprint density at radius 1 is 1.00 bits per heavy atom. The van der Waals surface area contributed by atoms with Crippen LogP contribution in [0.15, 0.2) is 0 Å². The van der Waals surface area contributed by atoms with Crippen LogP contribution in [0, 0.1) is 0 Å². The van der Waals surface area contributed by atoms with Crippen molar-refractivity contribution in [2.24, 2.45) is 0 Å². The zero-order chi connectivity index (χ0) is 13.2. The van der Waals surface area contributed by atoms with E-state index in [0.29, 0.717) is 32.6 Å². The lowest BCUT2D eigenvalue weighted by atomic mass is 10.1. The van der Waals surface area contributed by atoms with Gasteiger partial charge in [0.25, 0.3) is 0 Å². The number of hydrogen-bond donors (Lipinski definition) is 0. The van der Waals surface area contributed by atoms with Crippen molar-refractivity contribution in [2.45, 2.75) is 51.9 Å². The zero-order valence-corrected chi connectivity index (χ0v) is 11.6. The predicted octanol–water partition coefficient (Wildman–Crippen LogP) is 2.04. The van der Waals surface area contributed by atoms with Crippen molar-refractivity contribution >= 4 is 12.3 Å². The number of carbonyl (C=O) groups excluding carboxylic acids is 2. The highest BCUT2D eigenvalue weighted by Crippen LogP contribution is 2.09. The molecule has 0 aromatic rings. The SMILES string of the molecule is CCCCCCCCC(=O)N1CCN(C=O)CC1. The molecule has 0 aromatic heterocycles. The van der Waals surface area contributed by atoms with E-state index in [4.69, 9.17) is 0 Å². The van der Waals surface area contributed by atoms with Gasteiger partial charge in [0.2, 0.25) is 12.3 Å². The normalized spacial score (nSPS) is 15.8. The monoisotopic (exact) mass is 254 g/mol. The Kier molecular flexibility index (Phi) is 7.46. The van der Waals surface area contributed by atoms with Gasteiger partial charge in [-0.25, -0.2) is 0 Å². The molecule has 1 fully saturated rings. The lowest BCUT2D eigenvalue weighted by Crippen LogP contribution is -2.48. The number of piperazine rings is 1. The van der Waals surface area contributed by atoms with Crippen LogP contribution in [0.25, 0.3) is 0 Å². The summed E-state index contributed by atoms with van der Waals surface area (Å²) in [7, 11) is 0. The Balaban J connectivity index is 2.05. The van der Waals surface area contributed by atoms with Gasteiger partial charge < -0.3 is 9.80 Å². The molecular weight excluding hydrogens is 228 g/mol. The number of nitrogens with zero attached hydrogens (tertiary/aromatic N) is 2. The van der Waals surface area contributed by atoms with E-state index in [1.54, 1.807) is 4.90 Å². The smallest absolute Gasteiger partial charge is 0.222 e. The molecule has 1 rings (SSSR count). The van der Waals surface area contributed by atoms with Crippen molar-refractivity contribution in [1.82, 2.24) is 9.80 Å². The lowest BCUT2D eigenvalue weighted by Gasteiger charge is -2.32. The summed E-state index contributed by atoms with van der Waals surface area (Å²) in [5, 5.41) is 0. The summed E-state index contributed by atoms with van der Waals surface area (Å²) in [6.07, 6.45) is 8.84. The van der Waals surface area contributed by atoms with Gasteiger partial charge in [-0.2, -0.15) is 0 Å². The second-order valence-electron chi connectivity index (χ2n) is 5.04. The fraction of sp³-hybridized carbons (Fsp3) is 0.857. The van der Waals surface area contributed by atoms with Gasteiger partial charge in [-0.1, -0.05) is 39.0 Å². The summed E-state index contributed by atoms with van der Waals surface area (Å²) in [6, 6.07) is 0. The highest BCUT2D eigenvalue weighted by molar-refractivity contribution is 5.76. The molecule has 104 valence electrons. The summed E-state index contributed by atoms with van der Waals surface area (Å²) >= 11 is 0. The molecule has 0 unspecified atom stereocenters. The van der Waals surface area contributed by atoms with Crippen molar-refractivity contribution in [1.29, 1.82) is 0 Å². The summed E-state index contributed by atoms with van der Waals surface area (Å²) in [5.41, 5.74) is 0. The first kappa shape index (κ1) is 15.0. The van der Waals surface area contributed by atoms with Gasteiger partial charge in [0.1, 0.15) is 0 Å². The van der Waals surface area contributed by atoms with Crippen LogP contribution >= 0.6 is 0 Å². The summed E-state index contributed by atoms with van der Waals surface area (Å²) in [4.78, 5) is 26.1. The molecule has 0 atom stereocenters. The van der Waals surface area contributed by atoms with Gasteiger partial charge in [-0.05, 0) is 6.42 Å². The Morgan fingerprint density at radius 2 is 1.61 bits per heavy atom. The molecule has 1 heterocycles. The van der Waals surface area contributed by atoms with Crippen LogP contribution < -0.4 is 0 Å². The van der Waals surface area contributed by atoms with Crippen molar-refractivity contribution in [3.8, 4) is 0 Å². The van der Waals surface area contributed by atoms with E-state index in [1.165, 1.54) is 32.1 Å². The largest absolute Gasteiger partial charge is 0.342 e. The fourth-order valence-corrected chi connectivity index (χ4v) is 2.29. The average Bonchev–Trinajstić information content (AvgIpc) is 2.42. The maximum atomic E-state index is 11.9. The van der Waals surface area contributed by atoms with Crippen molar-refractivity contribution in [3.63, 3.8) is 0 Å². The third-order valence-corrected chi connectivity index (χ3v) is 3.56. The van der Waals surface area contributed by atoms with Crippen LogP contribution in [0.1, 0.15) is 51.9 Å². The average molecular weight is 254 g/mol. The van der Waals surface area contributed by atoms with Gasteiger partial charge in [-0.3, -0.25) is 9.59 Å². The van der Waals surface area contributed by atoms with E-state index in [1.807, 2.05) is 4.90 Å². The molecule has 18 heavy (non-hydrogen) atoms. The van der Waals surface area contributed by atoms with Gasteiger partial charge >= 0.3 is 0 Å². The van der Waals surface area contributed by atoms with E-state index in [0.717, 1.165) is 12.8 Å². The maximum absolute atomic E-state index is 11.9. The second kappa shape index (κ2) is 8.95. The molecule has 0 aromatic carbocycles. The Hall–Kier alpha value is -1.06. The highest BCUT2D eigenvalue weighted by Gasteiger charge is 2.19. The minimum absolute atomic E-state index is 0.260. The molecule has 1 saturated heterocycles. The fourth-order valence-electron chi connectivity index (χ4n) is 2.29. The Labute approximate surface area is 110 Å². The Bertz CT molecular complexity index is 248. The van der Waals surface area contributed by atoms with E-state index >= 15 is 0 Å². The number of hydrogen-bond acceptors (Lipinski definition) is 2. The van der Waals surface area contributed by atoms with Crippen molar-refractivity contribution in [3.05, 3.63) is 0 Å². The molecule has 0 N–H and O–H groups in total. The van der Waals surface area contributed by atoms with Crippen molar-refractivity contribution in [2.75, 3.05) is 26.2 Å². The molecule has 2 amide bonds. The van der Waals surface area contributed by atoms with Crippen LogP contribution in [0.2, 0.25) is 0 Å². The van der Waals surface area contributed by atoms with Crippen LogP contribution in [0.4, 0.5) is 0 Å². The van der Waals surface area contributed by atoms with Gasteiger partial charge in [0.05, 0.1) is 0 Å². The molecule has 0 radical (unpaired) electrons. The van der Waals surface area contributed by atoms with Gasteiger partial charge in [0.15, 0.2) is 0 Å². The zero-order valence-electron chi connectivity index (χ0n) is 11.6. The van der Waals surface area contributed by atoms with Gasteiger partial charge in [-0.15, -0.1) is 0 Å². The predicted molar refractivity (Wildman–Crippen MR) is 72.2 cm³/mol. The van der Waals surface area contributed by atoms with Crippen LogP contribution in [0.3, 0.4) is 0 Å². The maximum Gasteiger partial charge on any atom is 0.222 e. The first-order chi connectivity index (χ1) is 8.77. The molecule has 0 spiro atoms. The van der Waals surface area contributed by atoms with Crippen LogP contribution in [0.5, 0.6) is 0 Å².